The second-order valence-corrected chi connectivity index (χ2v) is 9.19. The molecule has 1 atom stereocenters. The van der Waals surface area contributed by atoms with Gasteiger partial charge in [-0.25, -0.2) is 14.6 Å². The lowest BCUT2D eigenvalue weighted by Gasteiger charge is -2.33. The van der Waals surface area contributed by atoms with Gasteiger partial charge in [0.1, 0.15) is 34.4 Å². The first-order chi connectivity index (χ1) is 18.5. The van der Waals surface area contributed by atoms with E-state index in [9.17, 15) is 14.9 Å². The van der Waals surface area contributed by atoms with Crippen LogP contribution >= 0.6 is 11.8 Å². The van der Waals surface area contributed by atoms with Gasteiger partial charge in [0.05, 0.1) is 30.6 Å². The number of methoxy groups -OCH3 is 1. The summed E-state index contributed by atoms with van der Waals surface area (Å²) in [7, 11) is 1.32. The lowest BCUT2D eigenvalue weighted by Crippen LogP contribution is -2.38. The number of amidine groups is 1. The first-order valence-corrected chi connectivity index (χ1v) is 12.5. The number of allylic oxidation sites excluding steroid dienone is 1. The topological polar surface area (TPSA) is 131 Å². The van der Waals surface area contributed by atoms with Crippen LogP contribution in [0.1, 0.15) is 34.6 Å². The molecule has 2 aromatic carbocycles. The van der Waals surface area contributed by atoms with Gasteiger partial charge in [0, 0.05) is 11.1 Å². The molecular weight excluding hydrogens is 504 g/mol. The van der Waals surface area contributed by atoms with Gasteiger partial charge in [0.25, 0.3) is 0 Å². The molecule has 0 amide bonds. The van der Waals surface area contributed by atoms with Crippen LogP contribution in [0.2, 0.25) is 0 Å². The molecule has 9 nitrogen and oxygen atoms in total. The van der Waals surface area contributed by atoms with Crippen LogP contribution in [0.15, 0.2) is 92.4 Å². The van der Waals surface area contributed by atoms with Gasteiger partial charge in [-0.1, -0.05) is 42.5 Å². The largest absolute Gasteiger partial charge is 0.465 e. The van der Waals surface area contributed by atoms with Gasteiger partial charge >= 0.3 is 11.9 Å². The maximum absolute atomic E-state index is 13.4. The van der Waals surface area contributed by atoms with Crippen LogP contribution in [-0.4, -0.2) is 35.7 Å². The van der Waals surface area contributed by atoms with E-state index in [2.05, 4.69) is 6.07 Å². The predicted molar refractivity (Wildman–Crippen MR) is 142 cm³/mol. The number of aliphatic imine (C=N–C) groups is 1. The number of nitrogens with zero attached hydrogens (tertiary/aromatic N) is 3. The minimum Gasteiger partial charge on any atom is -0.465 e. The van der Waals surface area contributed by atoms with Crippen molar-refractivity contribution < 1.29 is 23.5 Å². The van der Waals surface area contributed by atoms with E-state index in [1.54, 1.807) is 48.2 Å². The molecule has 3 aromatic rings. The van der Waals surface area contributed by atoms with Crippen molar-refractivity contribution in [3.63, 3.8) is 0 Å². The first-order valence-electron chi connectivity index (χ1n) is 11.7. The molecule has 0 radical (unpaired) electrons. The molecule has 3 heterocycles. The third-order valence-corrected chi connectivity index (χ3v) is 6.99. The fourth-order valence-corrected chi connectivity index (χ4v) is 5.14. The number of nitrogens with two attached hydrogens (primary N) is 1. The summed E-state index contributed by atoms with van der Waals surface area (Å²) in [5.41, 5.74) is 8.89. The van der Waals surface area contributed by atoms with Crippen molar-refractivity contribution in [1.82, 2.24) is 4.90 Å². The van der Waals surface area contributed by atoms with Crippen LogP contribution < -0.4 is 5.73 Å². The van der Waals surface area contributed by atoms with E-state index in [-0.39, 0.29) is 22.9 Å². The maximum atomic E-state index is 13.4. The molecule has 10 heteroatoms. The molecule has 190 valence electrons. The highest BCUT2D eigenvalue weighted by Gasteiger charge is 2.45. The number of carbonyl (C=O) groups is 2. The third-order valence-electron chi connectivity index (χ3n) is 6.02. The average molecular weight is 527 g/mol. The summed E-state index contributed by atoms with van der Waals surface area (Å²) in [5, 5.41) is 10.1. The molecule has 0 aliphatic carbocycles. The minimum atomic E-state index is -0.835. The molecule has 2 aliphatic heterocycles. The van der Waals surface area contributed by atoms with Crippen molar-refractivity contribution in [3.8, 4) is 17.4 Å². The highest BCUT2D eigenvalue weighted by atomic mass is 32.2. The number of carbonyl (C=O) groups excluding carboxylic acids is 2. The summed E-state index contributed by atoms with van der Waals surface area (Å²) in [6.07, 6.45) is 0. The predicted octanol–water partition coefficient (Wildman–Crippen LogP) is 4.82. The van der Waals surface area contributed by atoms with Crippen LogP contribution in [0.5, 0.6) is 0 Å². The average Bonchev–Trinajstić information content (AvgIpc) is 3.57. The van der Waals surface area contributed by atoms with E-state index in [1.165, 1.54) is 7.11 Å². The fourth-order valence-electron chi connectivity index (χ4n) is 4.27. The number of esters is 2. The van der Waals surface area contributed by atoms with E-state index in [0.29, 0.717) is 33.5 Å². The summed E-state index contributed by atoms with van der Waals surface area (Å²) in [6, 6.07) is 20.8. The maximum Gasteiger partial charge on any atom is 0.338 e. The highest BCUT2D eigenvalue weighted by Crippen LogP contribution is 2.48. The van der Waals surface area contributed by atoms with Gasteiger partial charge in [-0.15, -0.1) is 0 Å². The number of benzene rings is 2. The van der Waals surface area contributed by atoms with Crippen LogP contribution in [0, 0.1) is 11.3 Å². The van der Waals surface area contributed by atoms with Gasteiger partial charge in [0.15, 0.2) is 5.17 Å². The van der Waals surface area contributed by atoms with Gasteiger partial charge in [0.2, 0.25) is 0 Å². The van der Waals surface area contributed by atoms with E-state index in [0.717, 1.165) is 17.3 Å². The molecule has 0 fully saturated rings. The van der Waals surface area contributed by atoms with E-state index >= 15 is 0 Å². The molecule has 0 saturated carbocycles. The Morgan fingerprint density at radius 3 is 2.47 bits per heavy atom. The molecule has 38 heavy (non-hydrogen) atoms. The molecule has 0 saturated heterocycles. The molecule has 0 spiro atoms. The van der Waals surface area contributed by atoms with Crippen molar-refractivity contribution in [2.45, 2.75) is 13.0 Å². The summed E-state index contributed by atoms with van der Waals surface area (Å²) in [5.74, 6) is 0.0901. The third kappa shape index (κ3) is 4.33. The molecule has 2 aliphatic rings. The number of hydrogen-bond acceptors (Lipinski definition) is 10. The van der Waals surface area contributed by atoms with E-state index in [4.69, 9.17) is 24.6 Å². The fraction of sp³-hybridized carbons (Fsp3) is 0.143. The number of hydrogen-bond donors (Lipinski definition) is 1. The Labute approximate surface area is 222 Å². The van der Waals surface area contributed by atoms with Gasteiger partial charge < -0.3 is 19.6 Å². The summed E-state index contributed by atoms with van der Waals surface area (Å²) >= 11 is 1.13. The van der Waals surface area contributed by atoms with Crippen molar-refractivity contribution in [2.75, 3.05) is 13.7 Å². The smallest absolute Gasteiger partial charge is 0.338 e. The summed E-state index contributed by atoms with van der Waals surface area (Å²) < 4.78 is 16.5. The Kier molecular flexibility index (Phi) is 6.77. The first kappa shape index (κ1) is 24.9. The van der Waals surface area contributed by atoms with Crippen LogP contribution in [0.3, 0.4) is 0 Å². The Morgan fingerprint density at radius 2 is 1.82 bits per heavy atom. The Bertz CT molecular complexity index is 1550. The lowest BCUT2D eigenvalue weighted by atomic mass is 9.96. The van der Waals surface area contributed by atoms with Crippen molar-refractivity contribution in [1.29, 1.82) is 5.26 Å². The number of furan rings is 1. The monoisotopic (exact) mass is 526 g/mol. The van der Waals surface area contributed by atoms with Crippen molar-refractivity contribution >= 4 is 34.6 Å². The quantitative estimate of drug-likeness (QED) is 0.449. The number of ether oxygens (including phenoxy) is 2. The number of rotatable bonds is 6. The normalized spacial score (nSPS) is 16.6. The molecule has 0 bridgehead atoms. The van der Waals surface area contributed by atoms with Crippen LogP contribution in [-0.2, 0) is 14.3 Å². The van der Waals surface area contributed by atoms with Crippen molar-refractivity contribution in [3.05, 3.63) is 99.9 Å². The Balaban J connectivity index is 1.66. The zero-order valence-corrected chi connectivity index (χ0v) is 21.3. The van der Waals surface area contributed by atoms with Crippen LogP contribution in [0.4, 0.5) is 0 Å². The Morgan fingerprint density at radius 1 is 1.08 bits per heavy atom. The number of thioether (sulfide) groups is 1. The van der Waals surface area contributed by atoms with Gasteiger partial charge in [-0.3, -0.25) is 4.90 Å². The Hall–Kier alpha value is -4.75. The molecular formula is C28H22N4O5S. The van der Waals surface area contributed by atoms with Gasteiger partial charge in [-0.2, -0.15) is 5.26 Å². The SMILES string of the molecule is CCOC(=O)C1=C(c2ccccc2)N=C2SC(C#N)=C(N)N2[C@H]1c1ccc(-c2ccc(C(=O)OC)cc2)o1. The highest BCUT2D eigenvalue weighted by molar-refractivity contribution is 8.17. The number of nitriles is 1. The zero-order valence-electron chi connectivity index (χ0n) is 20.5. The number of fused-ring (bicyclic) bond motifs is 1. The summed E-state index contributed by atoms with van der Waals surface area (Å²) in [4.78, 5) is 31.9. The van der Waals surface area contributed by atoms with Gasteiger partial charge in [-0.05, 0) is 43.0 Å². The zero-order chi connectivity index (χ0) is 26.8. The molecule has 1 aromatic heterocycles. The second kappa shape index (κ2) is 10.3. The lowest BCUT2D eigenvalue weighted by molar-refractivity contribution is -0.139. The minimum absolute atomic E-state index is 0.160. The van der Waals surface area contributed by atoms with Crippen molar-refractivity contribution in [2.24, 2.45) is 10.7 Å². The van der Waals surface area contributed by atoms with E-state index < -0.39 is 18.0 Å². The second-order valence-electron chi connectivity index (χ2n) is 8.21. The molecule has 2 N–H and O–H groups in total. The molecule has 5 rings (SSSR count). The van der Waals surface area contributed by atoms with E-state index in [1.807, 2.05) is 30.3 Å². The standard InChI is InChI=1S/C28H22N4O5S/c1-3-36-27(34)22-23(17-7-5-4-6-8-17)31-28-32(25(30)21(15-29)38-28)24(22)20-14-13-19(37-20)16-9-11-18(12-10-16)26(33)35-2/h4-14,24H,3,30H2,1-2H3/t24-/m0/s1. The van der Waals surface area contributed by atoms with Crippen LogP contribution in [0.25, 0.3) is 17.0 Å². The summed E-state index contributed by atoms with van der Waals surface area (Å²) in [6.45, 7) is 1.89. The molecule has 0 unspecified atom stereocenters.